The van der Waals surface area contributed by atoms with Crippen LogP contribution < -0.4 is 9.64 Å². The average Bonchev–Trinajstić information content (AvgIpc) is 2.83. The molecule has 0 radical (unpaired) electrons. The van der Waals surface area contributed by atoms with Crippen LogP contribution in [0, 0.1) is 41.5 Å². The van der Waals surface area contributed by atoms with Crippen LogP contribution in [0.1, 0.15) is 33.4 Å². The predicted octanol–water partition coefficient (Wildman–Crippen LogP) is 7.92. The lowest BCUT2D eigenvalue weighted by atomic mass is 10.0. The minimum absolute atomic E-state index is 0.111. The topological polar surface area (TPSA) is 73.2 Å². The van der Waals surface area contributed by atoms with Gasteiger partial charge in [0.1, 0.15) is 28.7 Å². The van der Waals surface area contributed by atoms with E-state index in [9.17, 15) is 15.3 Å². The van der Waals surface area contributed by atoms with Crippen LogP contribution in [0.4, 0.5) is 17.1 Å². The average molecular weight is 470 g/mol. The predicted molar refractivity (Wildman–Crippen MR) is 141 cm³/mol. The van der Waals surface area contributed by atoms with Crippen LogP contribution in [0.15, 0.2) is 60.7 Å². The van der Waals surface area contributed by atoms with Crippen molar-refractivity contribution in [2.24, 2.45) is 0 Å². The molecule has 3 N–H and O–H groups in total. The van der Waals surface area contributed by atoms with Crippen LogP contribution in [0.5, 0.6) is 28.7 Å². The zero-order chi connectivity index (χ0) is 25.4. The highest BCUT2D eigenvalue weighted by atomic mass is 16.5. The number of hydrogen-bond donors (Lipinski definition) is 3. The Bertz CT molecular complexity index is 1370. The van der Waals surface area contributed by atoms with Crippen LogP contribution in [0.3, 0.4) is 0 Å². The van der Waals surface area contributed by atoms with Gasteiger partial charge in [0.25, 0.3) is 0 Å². The van der Waals surface area contributed by atoms with Crippen molar-refractivity contribution in [3.63, 3.8) is 0 Å². The quantitative estimate of drug-likeness (QED) is 0.277. The summed E-state index contributed by atoms with van der Waals surface area (Å²) in [5, 5.41) is 32.1. The molecule has 0 amide bonds. The Morgan fingerprint density at radius 2 is 1.09 bits per heavy atom. The molecule has 0 unspecified atom stereocenters. The van der Waals surface area contributed by atoms with Gasteiger partial charge in [-0.2, -0.15) is 0 Å². The van der Waals surface area contributed by atoms with Crippen molar-refractivity contribution in [2.75, 3.05) is 4.90 Å². The Morgan fingerprint density at radius 3 is 1.66 bits per heavy atom. The molecular weight excluding hydrogens is 438 g/mol. The lowest BCUT2D eigenvalue weighted by Gasteiger charge is -2.31. The zero-order valence-electron chi connectivity index (χ0n) is 21.0. The lowest BCUT2D eigenvalue weighted by Crippen LogP contribution is -2.14. The Morgan fingerprint density at radius 1 is 0.571 bits per heavy atom. The first-order valence-corrected chi connectivity index (χ1v) is 11.6. The van der Waals surface area contributed by atoms with Gasteiger partial charge in [0.05, 0.1) is 17.1 Å². The minimum atomic E-state index is 0.111. The smallest absolute Gasteiger partial charge is 0.139 e. The van der Waals surface area contributed by atoms with Gasteiger partial charge in [-0.1, -0.05) is 24.3 Å². The number of phenols is 3. The summed E-state index contributed by atoms with van der Waals surface area (Å²) < 4.78 is 6.24. The van der Waals surface area contributed by atoms with Gasteiger partial charge in [0.15, 0.2) is 0 Å². The number of nitrogens with zero attached hydrogens (tertiary/aromatic N) is 1. The van der Waals surface area contributed by atoms with Crippen LogP contribution in [0.2, 0.25) is 0 Å². The SMILES string of the molecule is Cc1ccc(O)c(N(c2cccc(Oc3c(C)ccc(O)c3C)c2)c2c(O)ccc(C)c2C)c1C. The van der Waals surface area contributed by atoms with E-state index < -0.39 is 0 Å². The molecular formula is C30H31NO4. The highest BCUT2D eigenvalue weighted by Gasteiger charge is 2.24. The number of hydrogen-bond acceptors (Lipinski definition) is 5. The van der Waals surface area contributed by atoms with E-state index in [0.29, 0.717) is 34.1 Å². The number of aryl methyl sites for hydroxylation is 3. The summed E-state index contributed by atoms with van der Waals surface area (Å²) in [7, 11) is 0. The molecule has 0 aliphatic heterocycles. The number of ether oxygens (including phenoxy) is 1. The maximum absolute atomic E-state index is 11.0. The Labute approximate surface area is 206 Å². The van der Waals surface area contributed by atoms with Crippen molar-refractivity contribution in [3.8, 4) is 28.7 Å². The Hall–Kier alpha value is -4.12. The molecule has 0 saturated carbocycles. The highest BCUT2D eigenvalue weighted by Crippen LogP contribution is 2.48. The van der Waals surface area contributed by atoms with Crippen LogP contribution in [0.25, 0.3) is 0 Å². The second kappa shape index (κ2) is 9.26. The largest absolute Gasteiger partial charge is 0.508 e. The Balaban J connectivity index is 1.94. The molecule has 4 aromatic rings. The number of benzene rings is 4. The van der Waals surface area contributed by atoms with Crippen LogP contribution in [-0.4, -0.2) is 15.3 Å². The van der Waals surface area contributed by atoms with Crippen molar-refractivity contribution < 1.29 is 20.1 Å². The molecule has 0 fully saturated rings. The van der Waals surface area contributed by atoms with Crippen molar-refractivity contribution >= 4 is 17.1 Å². The molecule has 180 valence electrons. The zero-order valence-corrected chi connectivity index (χ0v) is 21.0. The van der Waals surface area contributed by atoms with Gasteiger partial charge >= 0.3 is 0 Å². The first-order chi connectivity index (χ1) is 16.6. The molecule has 5 heteroatoms. The first-order valence-electron chi connectivity index (χ1n) is 11.6. The number of aromatic hydroxyl groups is 3. The molecule has 35 heavy (non-hydrogen) atoms. The molecule has 0 bridgehead atoms. The van der Waals surface area contributed by atoms with E-state index in [0.717, 1.165) is 27.8 Å². The number of phenolic OH excluding ortho intramolecular Hbond substituents is 3. The summed E-state index contributed by atoms with van der Waals surface area (Å²) in [6.45, 7) is 11.6. The lowest BCUT2D eigenvalue weighted by molar-refractivity contribution is 0.446. The molecule has 0 spiro atoms. The van der Waals surface area contributed by atoms with Gasteiger partial charge in [-0.3, -0.25) is 0 Å². The summed E-state index contributed by atoms with van der Waals surface area (Å²) in [5.41, 5.74) is 7.30. The van der Waals surface area contributed by atoms with E-state index in [1.807, 2.05) is 88.9 Å². The molecule has 0 aliphatic rings. The monoisotopic (exact) mass is 469 g/mol. The van der Waals surface area contributed by atoms with E-state index >= 15 is 0 Å². The molecule has 4 aromatic carbocycles. The van der Waals surface area contributed by atoms with E-state index in [4.69, 9.17) is 4.74 Å². The van der Waals surface area contributed by atoms with Gasteiger partial charge < -0.3 is 25.0 Å². The third-order valence-electron chi connectivity index (χ3n) is 6.68. The maximum Gasteiger partial charge on any atom is 0.139 e. The summed E-state index contributed by atoms with van der Waals surface area (Å²) >= 11 is 0. The fraction of sp³-hybridized carbons (Fsp3) is 0.200. The molecule has 0 aromatic heterocycles. The van der Waals surface area contributed by atoms with Gasteiger partial charge in [-0.05, 0) is 99.7 Å². The van der Waals surface area contributed by atoms with Gasteiger partial charge in [-0.15, -0.1) is 0 Å². The van der Waals surface area contributed by atoms with Crippen molar-refractivity contribution in [1.82, 2.24) is 0 Å². The van der Waals surface area contributed by atoms with Crippen molar-refractivity contribution in [1.29, 1.82) is 0 Å². The summed E-state index contributed by atoms with van der Waals surface area (Å²) in [4.78, 5) is 1.88. The summed E-state index contributed by atoms with van der Waals surface area (Å²) in [5.74, 6) is 1.56. The molecule has 5 nitrogen and oxygen atoms in total. The Kier molecular flexibility index (Phi) is 6.35. The van der Waals surface area contributed by atoms with Gasteiger partial charge in [0.2, 0.25) is 0 Å². The third-order valence-corrected chi connectivity index (χ3v) is 6.68. The molecule has 0 saturated heterocycles. The standard InChI is InChI=1S/C30H31NO4/c1-17-10-14-26(33)28(20(17)4)31(29-21(5)18(2)11-15-27(29)34)23-8-7-9-24(16-23)35-30-19(3)12-13-25(32)22(30)6/h7-16,32-34H,1-6H3. The van der Waals surface area contributed by atoms with Crippen LogP contribution in [-0.2, 0) is 0 Å². The van der Waals surface area contributed by atoms with Crippen molar-refractivity contribution in [2.45, 2.75) is 41.5 Å². The second-order valence-corrected chi connectivity index (χ2v) is 9.04. The molecule has 0 atom stereocenters. The molecule has 0 aliphatic carbocycles. The highest BCUT2D eigenvalue weighted by molar-refractivity contribution is 5.87. The van der Waals surface area contributed by atoms with Gasteiger partial charge in [-0.25, -0.2) is 0 Å². The summed E-state index contributed by atoms with van der Waals surface area (Å²) in [6.07, 6.45) is 0. The minimum Gasteiger partial charge on any atom is -0.508 e. The second-order valence-electron chi connectivity index (χ2n) is 9.04. The molecule has 4 rings (SSSR count). The van der Waals surface area contributed by atoms with Crippen molar-refractivity contribution in [3.05, 3.63) is 94.0 Å². The number of anilines is 3. The first kappa shape index (κ1) is 24.0. The van der Waals surface area contributed by atoms with E-state index in [-0.39, 0.29) is 17.2 Å². The normalized spacial score (nSPS) is 10.9. The van der Waals surface area contributed by atoms with Gasteiger partial charge in [0, 0.05) is 11.6 Å². The van der Waals surface area contributed by atoms with E-state index in [1.54, 1.807) is 18.2 Å². The summed E-state index contributed by atoms with van der Waals surface area (Å²) in [6, 6.07) is 18.1. The molecule has 0 heterocycles. The van der Waals surface area contributed by atoms with Crippen LogP contribution >= 0.6 is 0 Å². The van der Waals surface area contributed by atoms with E-state index in [2.05, 4.69) is 0 Å². The number of rotatable bonds is 5. The third kappa shape index (κ3) is 4.37. The van der Waals surface area contributed by atoms with E-state index in [1.165, 1.54) is 0 Å². The fourth-order valence-corrected chi connectivity index (χ4v) is 4.29. The fourth-order valence-electron chi connectivity index (χ4n) is 4.29. The maximum atomic E-state index is 11.0.